The first-order chi connectivity index (χ1) is 16.2. The third-order valence-electron chi connectivity index (χ3n) is 6.00. The summed E-state index contributed by atoms with van der Waals surface area (Å²) < 4.78 is 5.92. The first-order valence-corrected chi connectivity index (χ1v) is 11.6. The van der Waals surface area contributed by atoms with Crippen LogP contribution in [0.15, 0.2) is 84.9 Å². The number of benzene rings is 3. The van der Waals surface area contributed by atoms with E-state index in [9.17, 15) is 9.59 Å². The van der Waals surface area contributed by atoms with Gasteiger partial charge in [0.25, 0.3) is 11.8 Å². The molecule has 5 heteroatoms. The number of hydrogen-bond acceptors (Lipinski definition) is 3. The van der Waals surface area contributed by atoms with E-state index in [1.165, 1.54) is 0 Å². The number of amides is 2. The number of hydrogen-bond donors (Lipinski definition) is 0. The van der Waals surface area contributed by atoms with Gasteiger partial charge in [0.15, 0.2) is 0 Å². The van der Waals surface area contributed by atoms with Gasteiger partial charge in [-0.05, 0) is 61.7 Å². The summed E-state index contributed by atoms with van der Waals surface area (Å²) in [6.45, 7) is 4.09. The molecule has 0 saturated carbocycles. The first-order valence-electron chi connectivity index (χ1n) is 11.6. The third kappa shape index (κ3) is 5.61. The summed E-state index contributed by atoms with van der Waals surface area (Å²) >= 11 is 0. The zero-order chi connectivity index (χ0) is 23.0. The molecular weight excluding hydrogens is 412 g/mol. The molecule has 0 aromatic heterocycles. The molecular formula is C28H30N2O3. The van der Waals surface area contributed by atoms with Crippen LogP contribution in [0.2, 0.25) is 0 Å². The molecule has 1 aliphatic heterocycles. The molecule has 3 aromatic rings. The Kier molecular flexibility index (Phi) is 7.40. The Balaban J connectivity index is 1.43. The lowest BCUT2D eigenvalue weighted by Gasteiger charge is -2.38. The van der Waals surface area contributed by atoms with Crippen LogP contribution in [0.25, 0.3) is 0 Å². The molecule has 3 aromatic carbocycles. The fraction of sp³-hybridized carbons (Fsp3) is 0.286. The normalized spacial score (nSPS) is 14.0. The van der Waals surface area contributed by atoms with Gasteiger partial charge in [-0.25, -0.2) is 0 Å². The Labute approximate surface area is 195 Å². The Morgan fingerprint density at radius 3 is 2.12 bits per heavy atom. The summed E-state index contributed by atoms with van der Waals surface area (Å²) in [5, 5.41) is 0. The third-order valence-corrected chi connectivity index (χ3v) is 6.00. The predicted molar refractivity (Wildman–Crippen MR) is 130 cm³/mol. The van der Waals surface area contributed by atoms with Crippen LogP contribution in [0.5, 0.6) is 11.5 Å². The number of carbonyl (C=O) groups excluding carboxylic acids is 2. The molecule has 0 spiro atoms. The summed E-state index contributed by atoms with van der Waals surface area (Å²) in [6.07, 6.45) is 2.45. The average Bonchev–Trinajstić information content (AvgIpc) is 2.88. The standard InChI is InChI=1S/C28H30N2O3/c1-2-18-30(24-16-19-29(20-17-24)27(31)22-10-5-3-6-11-22)28(32)23-12-9-15-26(21-23)33-25-13-7-4-8-14-25/h3-15,21,24H,2,16-20H2,1H3. The van der Waals surface area contributed by atoms with E-state index >= 15 is 0 Å². The summed E-state index contributed by atoms with van der Waals surface area (Å²) in [4.78, 5) is 30.1. The second kappa shape index (κ2) is 10.8. The average molecular weight is 443 g/mol. The second-order valence-electron chi connectivity index (χ2n) is 8.33. The number of piperidine rings is 1. The van der Waals surface area contributed by atoms with Crippen LogP contribution < -0.4 is 4.74 Å². The summed E-state index contributed by atoms with van der Waals surface area (Å²) in [5.41, 5.74) is 1.34. The van der Waals surface area contributed by atoms with Gasteiger partial charge in [0, 0.05) is 36.8 Å². The minimum atomic E-state index is 0.0168. The quantitative estimate of drug-likeness (QED) is 0.476. The number of likely N-dealkylation sites (tertiary alicyclic amines) is 1. The van der Waals surface area contributed by atoms with Crippen molar-refractivity contribution >= 4 is 11.8 Å². The Morgan fingerprint density at radius 1 is 0.848 bits per heavy atom. The van der Waals surface area contributed by atoms with Crippen LogP contribution in [0.1, 0.15) is 46.9 Å². The number of rotatable bonds is 7. The van der Waals surface area contributed by atoms with Crippen molar-refractivity contribution in [3.63, 3.8) is 0 Å². The number of para-hydroxylation sites is 1. The van der Waals surface area contributed by atoms with Crippen LogP contribution in [-0.4, -0.2) is 47.3 Å². The largest absolute Gasteiger partial charge is 0.457 e. The van der Waals surface area contributed by atoms with E-state index in [1.54, 1.807) is 0 Å². The Bertz CT molecular complexity index is 1060. The van der Waals surface area contributed by atoms with Crippen LogP contribution in [0, 0.1) is 0 Å². The molecule has 0 unspecified atom stereocenters. The fourth-order valence-corrected chi connectivity index (χ4v) is 4.32. The highest BCUT2D eigenvalue weighted by Crippen LogP contribution is 2.25. The van der Waals surface area contributed by atoms with Crippen molar-refractivity contribution in [2.45, 2.75) is 32.2 Å². The molecule has 33 heavy (non-hydrogen) atoms. The maximum absolute atomic E-state index is 13.5. The van der Waals surface area contributed by atoms with E-state index in [1.807, 2.05) is 94.7 Å². The van der Waals surface area contributed by atoms with E-state index in [-0.39, 0.29) is 17.9 Å². The van der Waals surface area contributed by atoms with Crippen molar-refractivity contribution in [1.29, 1.82) is 0 Å². The van der Waals surface area contributed by atoms with Crippen molar-refractivity contribution in [2.24, 2.45) is 0 Å². The Morgan fingerprint density at radius 2 is 1.45 bits per heavy atom. The van der Waals surface area contributed by atoms with Crippen LogP contribution in [0.4, 0.5) is 0 Å². The van der Waals surface area contributed by atoms with E-state index < -0.39 is 0 Å². The van der Waals surface area contributed by atoms with Crippen molar-refractivity contribution in [2.75, 3.05) is 19.6 Å². The van der Waals surface area contributed by atoms with Gasteiger partial charge in [0.1, 0.15) is 11.5 Å². The lowest BCUT2D eigenvalue weighted by atomic mass is 10.0. The smallest absolute Gasteiger partial charge is 0.254 e. The topological polar surface area (TPSA) is 49.9 Å². The highest BCUT2D eigenvalue weighted by Gasteiger charge is 2.30. The zero-order valence-electron chi connectivity index (χ0n) is 19.0. The Hall–Kier alpha value is -3.60. The molecule has 0 radical (unpaired) electrons. The van der Waals surface area contributed by atoms with Gasteiger partial charge in [-0.1, -0.05) is 49.4 Å². The molecule has 170 valence electrons. The molecule has 4 rings (SSSR count). The summed E-state index contributed by atoms with van der Waals surface area (Å²) in [6, 6.07) is 26.4. The van der Waals surface area contributed by atoms with E-state index in [0.717, 1.165) is 25.0 Å². The van der Waals surface area contributed by atoms with E-state index in [0.29, 0.717) is 36.5 Å². The van der Waals surface area contributed by atoms with Gasteiger partial charge >= 0.3 is 0 Å². The number of carbonyl (C=O) groups is 2. The van der Waals surface area contributed by atoms with Gasteiger partial charge in [0.2, 0.25) is 0 Å². The van der Waals surface area contributed by atoms with Crippen molar-refractivity contribution < 1.29 is 14.3 Å². The molecule has 2 amide bonds. The maximum atomic E-state index is 13.5. The van der Waals surface area contributed by atoms with Crippen LogP contribution >= 0.6 is 0 Å². The molecule has 1 saturated heterocycles. The van der Waals surface area contributed by atoms with Gasteiger partial charge in [-0.15, -0.1) is 0 Å². The van der Waals surface area contributed by atoms with Gasteiger partial charge in [-0.3, -0.25) is 9.59 Å². The molecule has 0 bridgehead atoms. The second-order valence-corrected chi connectivity index (χ2v) is 8.33. The maximum Gasteiger partial charge on any atom is 0.254 e. The van der Waals surface area contributed by atoms with E-state index in [4.69, 9.17) is 4.74 Å². The number of ether oxygens (including phenoxy) is 1. The molecule has 1 heterocycles. The SMILES string of the molecule is CCCN(C(=O)c1cccc(Oc2ccccc2)c1)C1CCN(C(=O)c2ccccc2)CC1. The molecule has 0 atom stereocenters. The van der Waals surface area contributed by atoms with Gasteiger partial charge in [0.05, 0.1) is 0 Å². The van der Waals surface area contributed by atoms with Gasteiger partial charge < -0.3 is 14.5 Å². The molecule has 5 nitrogen and oxygen atoms in total. The minimum absolute atomic E-state index is 0.0168. The van der Waals surface area contributed by atoms with Crippen LogP contribution in [0.3, 0.4) is 0 Å². The molecule has 1 aliphatic rings. The lowest BCUT2D eigenvalue weighted by Crippen LogP contribution is -2.49. The highest BCUT2D eigenvalue weighted by atomic mass is 16.5. The monoisotopic (exact) mass is 442 g/mol. The van der Waals surface area contributed by atoms with Crippen LogP contribution in [-0.2, 0) is 0 Å². The van der Waals surface area contributed by atoms with Crippen molar-refractivity contribution in [1.82, 2.24) is 9.80 Å². The van der Waals surface area contributed by atoms with Crippen molar-refractivity contribution in [3.05, 3.63) is 96.1 Å². The number of nitrogens with zero attached hydrogens (tertiary/aromatic N) is 2. The minimum Gasteiger partial charge on any atom is -0.457 e. The van der Waals surface area contributed by atoms with Gasteiger partial charge in [-0.2, -0.15) is 0 Å². The molecule has 0 N–H and O–H groups in total. The summed E-state index contributed by atoms with van der Waals surface area (Å²) in [7, 11) is 0. The fourth-order valence-electron chi connectivity index (χ4n) is 4.32. The zero-order valence-corrected chi connectivity index (χ0v) is 19.0. The molecule has 1 fully saturated rings. The predicted octanol–water partition coefficient (Wildman–Crippen LogP) is 5.64. The van der Waals surface area contributed by atoms with E-state index in [2.05, 4.69) is 6.92 Å². The lowest BCUT2D eigenvalue weighted by molar-refractivity contribution is 0.0519. The first kappa shape index (κ1) is 22.6. The highest BCUT2D eigenvalue weighted by molar-refractivity contribution is 5.95. The molecule has 0 aliphatic carbocycles. The van der Waals surface area contributed by atoms with Crippen molar-refractivity contribution in [3.8, 4) is 11.5 Å². The summed E-state index contributed by atoms with van der Waals surface area (Å²) in [5.74, 6) is 1.46.